The van der Waals surface area contributed by atoms with Gasteiger partial charge in [-0.1, -0.05) is 24.3 Å². The summed E-state index contributed by atoms with van der Waals surface area (Å²) >= 11 is 5.33. The molecular weight excluding hydrogens is 218 g/mol. The van der Waals surface area contributed by atoms with Gasteiger partial charge in [-0.25, -0.2) is 5.43 Å². The van der Waals surface area contributed by atoms with Crippen LogP contribution in [0.15, 0.2) is 24.3 Å². The maximum Gasteiger partial charge on any atom is 0.184 e. The van der Waals surface area contributed by atoms with Crippen LogP contribution in [0.2, 0.25) is 0 Å². The topological polar surface area (TPSA) is 27.3 Å². The first-order valence-electron chi connectivity index (χ1n) is 5.55. The minimum Gasteiger partial charge on any atom is -0.359 e. The summed E-state index contributed by atoms with van der Waals surface area (Å²) in [5, 5.41) is 6.00. The highest BCUT2D eigenvalue weighted by molar-refractivity contribution is 7.80. The van der Waals surface area contributed by atoms with Gasteiger partial charge in [0.1, 0.15) is 0 Å². The molecule has 0 aromatic heterocycles. The fraction of sp³-hybridized carbons (Fsp3) is 0.417. The van der Waals surface area contributed by atoms with Crippen LogP contribution in [0.3, 0.4) is 0 Å². The van der Waals surface area contributed by atoms with Gasteiger partial charge in [-0.05, 0) is 37.2 Å². The third-order valence-corrected chi connectivity index (χ3v) is 2.90. The fourth-order valence-corrected chi connectivity index (χ4v) is 2.12. The van der Waals surface area contributed by atoms with Crippen molar-refractivity contribution in [1.29, 1.82) is 0 Å². The van der Waals surface area contributed by atoms with E-state index in [1.165, 1.54) is 11.1 Å². The Morgan fingerprint density at radius 2 is 2.06 bits per heavy atom. The standard InChI is InChI=1S/C12H17N3S/c1-9(2)14-12(16)15-8-11-6-4-3-5-10(11)7-13-15/h3-6,9,13H,7-8H2,1-2H3,(H,14,16). The van der Waals surface area contributed by atoms with Gasteiger partial charge in [-0.3, -0.25) is 5.01 Å². The SMILES string of the molecule is CC(C)NC(=S)N1Cc2ccccc2CN1. The third-order valence-electron chi connectivity index (χ3n) is 2.56. The first kappa shape index (κ1) is 11.4. The van der Waals surface area contributed by atoms with Crippen LogP contribution in [-0.2, 0) is 13.1 Å². The Hall–Kier alpha value is -1.13. The van der Waals surface area contributed by atoms with E-state index in [1.54, 1.807) is 0 Å². The molecule has 0 spiro atoms. The molecule has 16 heavy (non-hydrogen) atoms. The average molecular weight is 235 g/mol. The summed E-state index contributed by atoms with van der Waals surface area (Å²) in [6.07, 6.45) is 0. The summed E-state index contributed by atoms with van der Waals surface area (Å²) in [6, 6.07) is 8.81. The van der Waals surface area contributed by atoms with Crippen molar-refractivity contribution >= 4 is 17.3 Å². The van der Waals surface area contributed by atoms with Crippen LogP contribution < -0.4 is 10.7 Å². The zero-order valence-electron chi connectivity index (χ0n) is 9.66. The van der Waals surface area contributed by atoms with Gasteiger partial charge >= 0.3 is 0 Å². The van der Waals surface area contributed by atoms with Crippen LogP contribution in [0.1, 0.15) is 25.0 Å². The van der Waals surface area contributed by atoms with Gasteiger partial charge in [0.2, 0.25) is 0 Å². The lowest BCUT2D eigenvalue weighted by atomic mass is 10.1. The van der Waals surface area contributed by atoms with Crippen molar-refractivity contribution in [2.75, 3.05) is 0 Å². The molecule has 1 aliphatic heterocycles. The molecule has 1 aliphatic rings. The molecule has 0 amide bonds. The minimum atomic E-state index is 0.367. The quantitative estimate of drug-likeness (QED) is 0.726. The molecule has 1 aromatic carbocycles. The van der Waals surface area contributed by atoms with E-state index >= 15 is 0 Å². The lowest BCUT2D eigenvalue weighted by Gasteiger charge is -2.32. The first-order valence-corrected chi connectivity index (χ1v) is 5.96. The van der Waals surface area contributed by atoms with Crippen molar-refractivity contribution < 1.29 is 0 Å². The first-order chi connectivity index (χ1) is 7.66. The van der Waals surface area contributed by atoms with Crippen LogP contribution in [0, 0.1) is 0 Å². The summed E-state index contributed by atoms with van der Waals surface area (Å²) in [7, 11) is 0. The molecule has 4 heteroatoms. The molecule has 2 N–H and O–H groups in total. The fourth-order valence-electron chi connectivity index (χ4n) is 1.76. The van der Waals surface area contributed by atoms with E-state index in [-0.39, 0.29) is 0 Å². The highest BCUT2D eigenvalue weighted by atomic mass is 32.1. The molecule has 0 saturated carbocycles. The zero-order chi connectivity index (χ0) is 11.5. The van der Waals surface area contributed by atoms with E-state index in [9.17, 15) is 0 Å². The molecule has 1 aromatic rings. The Morgan fingerprint density at radius 3 is 2.75 bits per heavy atom. The highest BCUT2D eigenvalue weighted by Crippen LogP contribution is 2.15. The van der Waals surface area contributed by atoms with E-state index in [0.29, 0.717) is 6.04 Å². The summed E-state index contributed by atoms with van der Waals surface area (Å²) in [5.41, 5.74) is 6.00. The molecule has 0 radical (unpaired) electrons. The maximum absolute atomic E-state index is 5.33. The van der Waals surface area contributed by atoms with E-state index in [1.807, 2.05) is 5.01 Å². The van der Waals surface area contributed by atoms with Crippen LogP contribution in [0.25, 0.3) is 0 Å². The van der Waals surface area contributed by atoms with Crippen LogP contribution in [-0.4, -0.2) is 16.2 Å². The van der Waals surface area contributed by atoms with Gasteiger partial charge in [-0.2, -0.15) is 0 Å². The van der Waals surface area contributed by atoms with Crippen molar-refractivity contribution in [3.05, 3.63) is 35.4 Å². The summed E-state index contributed by atoms with van der Waals surface area (Å²) in [4.78, 5) is 0. The molecule has 2 rings (SSSR count). The molecule has 0 atom stereocenters. The van der Waals surface area contributed by atoms with Gasteiger partial charge in [-0.15, -0.1) is 0 Å². The number of thiocarbonyl (C=S) groups is 1. The summed E-state index contributed by atoms with van der Waals surface area (Å²) in [5.74, 6) is 0. The maximum atomic E-state index is 5.33. The summed E-state index contributed by atoms with van der Waals surface area (Å²) < 4.78 is 0. The van der Waals surface area contributed by atoms with Gasteiger partial charge in [0.15, 0.2) is 5.11 Å². The van der Waals surface area contributed by atoms with Crippen molar-refractivity contribution in [1.82, 2.24) is 15.8 Å². The highest BCUT2D eigenvalue weighted by Gasteiger charge is 2.17. The predicted octanol–water partition coefficient (Wildman–Crippen LogP) is 1.79. The van der Waals surface area contributed by atoms with E-state index in [2.05, 4.69) is 48.9 Å². The van der Waals surface area contributed by atoms with Crippen LogP contribution in [0.4, 0.5) is 0 Å². The summed E-state index contributed by atoms with van der Waals surface area (Å²) in [6.45, 7) is 5.85. The second-order valence-corrected chi connectivity index (χ2v) is 4.68. The second-order valence-electron chi connectivity index (χ2n) is 4.29. The van der Waals surface area contributed by atoms with Crippen molar-refractivity contribution in [2.24, 2.45) is 0 Å². The van der Waals surface area contributed by atoms with E-state index < -0.39 is 0 Å². The van der Waals surface area contributed by atoms with E-state index in [4.69, 9.17) is 12.2 Å². The van der Waals surface area contributed by atoms with Gasteiger partial charge in [0.25, 0.3) is 0 Å². The Morgan fingerprint density at radius 1 is 1.38 bits per heavy atom. The normalized spacial score (nSPS) is 14.8. The third kappa shape index (κ3) is 2.51. The number of hydrogen-bond donors (Lipinski definition) is 2. The smallest absolute Gasteiger partial charge is 0.184 e. The molecule has 0 bridgehead atoms. The monoisotopic (exact) mass is 235 g/mol. The molecule has 0 aliphatic carbocycles. The number of rotatable bonds is 1. The number of benzene rings is 1. The van der Waals surface area contributed by atoms with Crippen LogP contribution in [0.5, 0.6) is 0 Å². The minimum absolute atomic E-state index is 0.367. The molecule has 0 fully saturated rings. The van der Waals surface area contributed by atoms with Crippen molar-refractivity contribution in [3.63, 3.8) is 0 Å². The molecule has 0 saturated heterocycles. The molecular formula is C12H17N3S. The lowest BCUT2D eigenvalue weighted by Crippen LogP contribution is -2.51. The second kappa shape index (κ2) is 4.80. The zero-order valence-corrected chi connectivity index (χ0v) is 10.5. The van der Waals surface area contributed by atoms with Gasteiger partial charge in [0, 0.05) is 12.6 Å². The number of fused-ring (bicyclic) bond motifs is 1. The Kier molecular flexibility index (Phi) is 3.41. The Labute approximate surface area is 102 Å². The number of nitrogens with one attached hydrogen (secondary N) is 2. The number of hydrogen-bond acceptors (Lipinski definition) is 2. The van der Waals surface area contributed by atoms with Crippen molar-refractivity contribution in [2.45, 2.75) is 33.0 Å². The largest absolute Gasteiger partial charge is 0.359 e. The van der Waals surface area contributed by atoms with Crippen LogP contribution >= 0.6 is 12.2 Å². The molecule has 1 heterocycles. The number of nitrogens with zero attached hydrogens (tertiary/aromatic N) is 1. The van der Waals surface area contributed by atoms with Gasteiger partial charge < -0.3 is 5.32 Å². The van der Waals surface area contributed by atoms with Crippen molar-refractivity contribution in [3.8, 4) is 0 Å². The predicted molar refractivity (Wildman–Crippen MR) is 69.7 cm³/mol. The number of hydrazine groups is 1. The average Bonchev–Trinajstić information content (AvgIpc) is 2.27. The van der Waals surface area contributed by atoms with Gasteiger partial charge in [0.05, 0.1) is 6.54 Å². The Bertz CT molecular complexity index is 390. The molecule has 0 unspecified atom stereocenters. The molecule has 3 nitrogen and oxygen atoms in total. The molecule has 86 valence electrons. The van der Waals surface area contributed by atoms with E-state index in [0.717, 1.165) is 18.2 Å². The lowest BCUT2D eigenvalue weighted by molar-refractivity contribution is 0.269. The Balaban J connectivity index is 2.05.